The summed E-state index contributed by atoms with van der Waals surface area (Å²) in [7, 11) is 1.24. The van der Waals surface area contributed by atoms with Gasteiger partial charge >= 0.3 is 5.97 Å². The predicted molar refractivity (Wildman–Crippen MR) is 98.6 cm³/mol. The second-order valence-electron chi connectivity index (χ2n) is 7.22. The first-order valence-electron chi connectivity index (χ1n) is 8.93. The molecule has 4 atom stereocenters. The number of imide groups is 1. The summed E-state index contributed by atoms with van der Waals surface area (Å²) in [6.07, 6.45) is 0. The molecule has 2 saturated heterocycles. The molecule has 144 valence electrons. The van der Waals surface area contributed by atoms with Gasteiger partial charge in [-0.2, -0.15) is 0 Å². The van der Waals surface area contributed by atoms with Crippen molar-refractivity contribution in [3.05, 3.63) is 66.0 Å². The minimum absolute atomic E-state index is 0.393. The van der Waals surface area contributed by atoms with Gasteiger partial charge in [0, 0.05) is 6.04 Å². The number of carbonyl (C=O) groups is 3. The molecule has 28 heavy (non-hydrogen) atoms. The van der Waals surface area contributed by atoms with Gasteiger partial charge in [0.2, 0.25) is 11.8 Å². The molecule has 2 aliphatic heterocycles. The number of hydrogen-bond donors (Lipinski definition) is 1. The topological polar surface area (TPSA) is 75.7 Å². The largest absolute Gasteiger partial charge is 0.468 e. The molecule has 2 fully saturated rings. The van der Waals surface area contributed by atoms with Crippen LogP contribution in [0.3, 0.4) is 0 Å². The fourth-order valence-corrected chi connectivity index (χ4v) is 4.33. The van der Waals surface area contributed by atoms with Gasteiger partial charge in [0.15, 0.2) is 0 Å². The van der Waals surface area contributed by atoms with Gasteiger partial charge in [0.05, 0.1) is 24.6 Å². The standard InChI is InChI=1S/C21H19FN2O4/c1-21(20(27)28-2)16-15(17(23-21)12-8-10-13(22)11-9-12)18(25)24(19(16)26)14-6-4-3-5-7-14/h3-11,15-17,23H,1-2H3/t15-,16+,17+,21+/m0/s1. The summed E-state index contributed by atoms with van der Waals surface area (Å²) in [6.45, 7) is 1.57. The summed E-state index contributed by atoms with van der Waals surface area (Å²) >= 11 is 0. The van der Waals surface area contributed by atoms with E-state index in [1.807, 2.05) is 0 Å². The summed E-state index contributed by atoms with van der Waals surface area (Å²) in [5.41, 5.74) is -0.300. The molecule has 0 unspecified atom stereocenters. The highest BCUT2D eigenvalue weighted by Crippen LogP contribution is 2.49. The average Bonchev–Trinajstić information content (AvgIpc) is 3.16. The Hall–Kier alpha value is -3.06. The molecule has 0 aromatic heterocycles. The zero-order valence-electron chi connectivity index (χ0n) is 15.4. The molecule has 6 nitrogen and oxygen atoms in total. The lowest BCUT2D eigenvalue weighted by molar-refractivity contribution is -0.151. The van der Waals surface area contributed by atoms with Crippen molar-refractivity contribution < 1.29 is 23.5 Å². The van der Waals surface area contributed by atoms with Crippen LogP contribution in [0.1, 0.15) is 18.5 Å². The number of fused-ring (bicyclic) bond motifs is 1. The van der Waals surface area contributed by atoms with Crippen LogP contribution in [-0.4, -0.2) is 30.4 Å². The van der Waals surface area contributed by atoms with Gasteiger partial charge in [-0.1, -0.05) is 30.3 Å². The maximum atomic E-state index is 13.4. The Bertz CT molecular complexity index is 947. The molecular formula is C21H19FN2O4. The Kier molecular flexibility index (Phi) is 4.27. The summed E-state index contributed by atoms with van der Waals surface area (Å²) < 4.78 is 18.3. The molecule has 0 bridgehead atoms. The first-order chi connectivity index (χ1) is 13.4. The third kappa shape index (κ3) is 2.54. The minimum atomic E-state index is -1.38. The molecule has 2 heterocycles. The fraction of sp³-hybridized carbons (Fsp3) is 0.286. The zero-order valence-corrected chi connectivity index (χ0v) is 15.4. The normalized spacial score (nSPS) is 29.1. The quantitative estimate of drug-likeness (QED) is 0.651. The lowest BCUT2D eigenvalue weighted by atomic mass is 9.80. The first-order valence-corrected chi connectivity index (χ1v) is 8.93. The van der Waals surface area contributed by atoms with Crippen LogP contribution in [0.15, 0.2) is 54.6 Å². The number of carbonyl (C=O) groups excluding carboxylic acids is 3. The number of ether oxygens (including phenoxy) is 1. The van der Waals surface area contributed by atoms with Gasteiger partial charge in [-0.05, 0) is 36.8 Å². The number of benzene rings is 2. The van der Waals surface area contributed by atoms with Crippen molar-refractivity contribution in [2.45, 2.75) is 18.5 Å². The first kappa shape index (κ1) is 18.3. The van der Waals surface area contributed by atoms with Crippen LogP contribution < -0.4 is 10.2 Å². The maximum absolute atomic E-state index is 13.4. The number of amides is 2. The smallest absolute Gasteiger partial charge is 0.326 e. The van der Waals surface area contributed by atoms with Crippen LogP contribution in [-0.2, 0) is 19.1 Å². The highest BCUT2D eigenvalue weighted by Gasteiger charge is 2.67. The molecule has 0 spiro atoms. The van der Waals surface area contributed by atoms with Crippen LogP contribution in [0.4, 0.5) is 10.1 Å². The number of esters is 1. The molecule has 4 rings (SSSR count). The molecule has 0 radical (unpaired) electrons. The van der Waals surface area contributed by atoms with E-state index in [2.05, 4.69) is 5.32 Å². The molecule has 1 N–H and O–H groups in total. The predicted octanol–water partition coefficient (Wildman–Crippen LogP) is 2.21. The van der Waals surface area contributed by atoms with Gasteiger partial charge in [-0.3, -0.25) is 19.7 Å². The van der Waals surface area contributed by atoms with Crippen molar-refractivity contribution in [1.29, 1.82) is 0 Å². The van der Waals surface area contributed by atoms with E-state index >= 15 is 0 Å². The van der Waals surface area contributed by atoms with Gasteiger partial charge in [-0.25, -0.2) is 9.29 Å². The van der Waals surface area contributed by atoms with E-state index in [4.69, 9.17) is 4.74 Å². The molecule has 0 aliphatic carbocycles. The molecule has 2 amide bonds. The number of hydrogen-bond acceptors (Lipinski definition) is 5. The van der Waals surface area contributed by atoms with E-state index in [-0.39, 0.29) is 0 Å². The Morgan fingerprint density at radius 3 is 2.32 bits per heavy atom. The molecular weight excluding hydrogens is 363 g/mol. The number of para-hydroxylation sites is 1. The van der Waals surface area contributed by atoms with E-state index in [0.29, 0.717) is 11.3 Å². The summed E-state index contributed by atoms with van der Waals surface area (Å²) in [5.74, 6) is -3.61. The SMILES string of the molecule is COC(=O)[C@]1(C)N[C@H](c2ccc(F)cc2)[C@H]2C(=O)N(c3ccccc3)C(=O)[C@@H]21. The molecule has 2 aromatic rings. The van der Waals surface area contributed by atoms with Crippen molar-refractivity contribution in [3.63, 3.8) is 0 Å². The number of anilines is 1. The number of rotatable bonds is 3. The van der Waals surface area contributed by atoms with Crippen LogP contribution in [0.25, 0.3) is 0 Å². The fourth-order valence-electron chi connectivity index (χ4n) is 4.33. The Balaban J connectivity index is 1.82. The second kappa shape index (κ2) is 6.53. The Labute approximate surface area is 161 Å². The number of halogens is 1. The van der Waals surface area contributed by atoms with Crippen molar-refractivity contribution >= 4 is 23.5 Å². The average molecular weight is 382 g/mol. The number of methoxy groups -OCH3 is 1. The summed E-state index contributed by atoms with van der Waals surface area (Å²) in [4.78, 5) is 40.3. The summed E-state index contributed by atoms with van der Waals surface area (Å²) in [5, 5.41) is 3.12. The summed E-state index contributed by atoms with van der Waals surface area (Å²) in [6, 6.07) is 13.7. The van der Waals surface area contributed by atoms with Gasteiger partial charge in [0.25, 0.3) is 0 Å². The van der Waals surface area contributed by atoms with Crippen LogP contribution >= 0.6 is 0 Å². The van der Waals surface area contributed by atoms with Crippen molar-refractivity contribution in [1.82, 2.24) is 5.32 Å². The number of nitrogens with zero attached hydrogens (tertiary/aromatic N) is 1. The molecule has 0 saturated carbocycles. The van der Waals surface area contributed by atoms with Crippen molar-refractivity contribution in [2.24, 2.45) is 11.8 Å². The monoisotopic (exact) mass is 382 g/mol. The molecule has 2 aromatic carbocycles. The van der Waals surface area contributed by atoms with Crippen LogP contribution in [0.5, 0.6) is 0 Å². The third-order valence-electron chi connectivity index (χ3n) is 5.64. The third-order valence-corrected chi connectivity index (χ3v) is 5.64. The van der Waals surface area contributed by atoms with Gasteiger partial charge in [-0.15, -0.1) is 0 Å². The molecule has 2 aliphatic rings. The lowest BCUT2D eigenvalue weighted by Gasteiger charge is -2.28. The van der Waals surface area contributed by atoms with E-state index < -0.39 is 47.0 Å². The van der Waals surface area contributed by atoms with Crippen molar-refractivity contribution in [3.8, 4) is 0 Å². The van der Waals surface area contributed by atoms with E-state index in [0.717, 1.165) is 4.90 Å². The highest BCUT2D eigenvalue weighted by molar-refractivity contribution is 6.24. The molecule has 7 heteroatoms. The minimum Gasteiger partial charge on any atom is -0.468 e. The lowest BCUT2D eigenvalue weighted by Crippen LogP contribution is -2.54. The number of nitrogens with one attached hydrogen (secondary N) is 1. The van der Waals surface area contributed by atoms with E-state index in [9.17, 15) is 18.8 Å². The van der Waals surface area contributed by atoms with Gasteiger partial charge < -0.3 is 4.74 Å². The maximum Gasteiger partial charge on any atom is 0.326 e. The van der Waals surface area contributed by atoms with E-state index in [1.165, 1.54) is 19.2 Å². The van der Waals surface area contributed by atoms with E-state index in [1.54, 1.807) is 49.4 Å². The van der Waals surface area contributed by atoms with Gasteiger partial charge in [0.1, 0.15) is 11.4 Å². The van der Waals surface area contributed by atoms with Crippen LogP contribution in [0.2, 0.25) is 0 Å². The Morgan fingerprint density at radius 1 is 1.07 bits per heavy atom. The highest BCUT2D eigenvalue weighted by atomic mass is 19.1. The Morgan fingerprint density at radius 2 is 1.71 bits per heavy atom. The second-order valence-corrected chi connectivity index (χ2v) is 7.22. The van der Waals surface area contributed by atoms with Crippen molar-refractivity contribution in [2.75, 3.05) is 12.0 Å². The van der Waals surface area contributed by atoms with Crippen LogP contribution in [0, 0.1) is 17.7 Å². The zero-order chi connectivity index (χ0) is 20.1.